The van der Waals surface area contributed by atoms with Gasteiger partial charge in [-0.1, -0.05) is 32.6 Å². The molecule has 2 saturated heterocycles. The van der Waals surface area contributed by atoms with Gasteiger partial charge in [-0.05, 0) is 70.2 Å². The monoisotopic (exact) mass is 628 g/mol. The Labute approximate surface area is 261 Å². The van der Waals surface area contributed by atoms with Crippen LogP contribution in [0.25, 0.3) is 5.69 Å². The molecule has 0 bridgehead atoms. The molecule has 3 aliphatic rings. The molecule has 2 amide bonds. The number of benzene rings is 1. The van der Waals surface area contributed by atoms with Crippen LogP contribution in [0.3, 0.4) is 0 Å². The first kappa shape index (κ1) is 32.4. The first-order chi connectivity index (χ1) is 20.8. The van der Waals surface area contributed by atoms with Crippen molar-refractivity contribution in [2.75, 3.05) is 30.6 Å². The number of hydrogen-bond acceptors (Lipinski definition) is 7. The van der Waals surface area contributed by atoms with Crippen LogP contribution in [0.2, 0.25) is 0 Å². The van der Waals surface area contributed by atoms with E-state index >= 15 is 0 Å². The molecule has 1 saturated carbocycles. The highest BCUT2D eigenvalue weighted by Gasteiger charge is 2.54. The van der Waals surface area contributed by atoms with Gasteiger partial charge >= 0.3 is 0 Å². The third kappa shape index (κ3) is 6.82. The lowest BCUT2D eigenvalue weighted by Gasteiger charge is -2.52. The second kappa shape index (κ2) is 12.8. The fraction of sp³-hybridized carbons (Fsp3) is 0.656. The van der Waals surface area contributed by atoms with Gasteiger partial charge in [0.05, 0.1) is 23.2 Å². The smallest absolute Gasteiger partial charge is 0.246 e. The zero-order chi connectivity index (χ0) is 31.7. The van der Waals surface area contributed by atoms with Gasteiger partial charge in [0, 0.05) is 49.5 Å². The van der Waals surface area contributed by atoms with Gasteiger partial charge in [0.1, 0.15) is 11.6 Å². The van der Waals surface area contributed by atoms with Crippen molar-refractivity contribution in [2.24, 2.45) is 0 Å². The van der Waals surface area contributed by atoms with Crippen molar-refractivity contribution in [1.82, 2.24) is 24.9 Å². The fourth-order valence-electron chi connectivity index (χ4n) is 7.29. The summed E-state index contributed by atoms with van der Waals surface area (Å²) in [7, 11) is -3.35. The molecule has 1 spiro atoms. The lowest BCUT2D eigenvalue weighted by molar-refractivity contribution is -0.163. The Kier molecular flexibility index (Phi) is 9.44. The Hall–Kier alpha value is -2.96. The van der Waals surface area contributed by atoms with Crippen molar-refractivity contribution in [3.05, 3.63) is 41.2 Å². The minimum absolute atomic E-state index is 0.0452. The summed E-state index contributed by atoms with van der Waals surface area (Å²) in [5.41, 5.74) is 2.63. The average molecular weight is 629 g/mol. The van der Waals surface area contributed by atoms with Crippen LogP contribution >= 0.6 is 0 Å². The Morgan fingerprint density at radius 1 is 1.05 bits per heavy atom. The molecule has 2 aromatic rings. The number of aromatic nitrogens is 2. The van der Waals surface area contributed by atoms with Gasteiger partial charge in [-0.3, -0.25) is 19.2 Å². The van der Waals surface area contributed by atoms with Crippen LogP contribution in [0.1, 0.15) is 88.1 Å². The van der Waals surface area contributed by atoms with Crippen molar-refractivity contribution in [1.29, 1.82) is 0 Å². The summed E-state index contributed by atoms with van der Waals surface area (Å²) in [5, 5.41) is 19.0. The maximum Gasteiger partial charge on any atom is 0.246 e. The zero-order valence-corrected chi connectivity index (χ0v) is 27.4. The normalized spacial score (nSPS) is 22.3. The van der Waals surface area contributed by atoms with Gasteiger partial charge in [0.2, 0.25) is 21.8 Å². The summed E-state index contributed by atoms with van der Waals surface area (Å²) in [4.78, 5) is 31.9. The van der Waals surface area contributed by atoms with E-state index in [2.05, 4.69) is 21.9 Å². The van der Waals surface area contributed by atoms with Gasteiger partial charge in [-0.25, -0.2) is 13.1 Å². The first-order valence-corrected chi connectivity index (χ1v) is 17.9. The number of piperidine rings is 1. The molecule has 12 heteroatoms. The molecule has 1 aliphatic carbocycles. The van der Waals surface area contributed by atoms with E-state index in [1.54, 1.807) is 12.1 Å². The van der Waals surface area contributed by atoms with E-state index in [1.807, 2.05) is 35.6 Å². The summed E-state index contributed by atoms with van der Waals surface area (Å²) >= 11 is 0. The molecule has 44 heavy (non-hydrogen) atoms. The predicted molar refractivity (Wildman–Crippen MR) is 170 cm³/mol. The van der Waals surface area contributed by atoms with Crippen molar-refractivity contribution in [3.63, 3.8) is 0 Å². The molecule has 3 heterocycles. The number of rotatable bonds is 10. The molecule has 3 N–H and O–H groups in total. The molecular weight excluding hydrogens is 580 g/mol. The summed E-state index contributed by atoms with van der Waals surface area (Å²) in [5.74, 6) is -0.123. The van der Waals surface area contributed by atoms with Crippen LogP contribution in [-0.2, 0) is 26.2 Å². The van der Waals surface area contributed by atoms with E-state index < -0.39 is 27.2 Å². The van der Waals surface area contributed by atoms with E-state index in [4.69, 9.17) is 5.10 Å². The Morgan fingerprint density at radius 2 is 1.70 bits per heavy atom. The molecule has 5 rings (SSSR count). The van der Waals surface area contributed by atoms with E-state index in [9.17, 15) is 23.1 Å². The maximum atomic E-state index is 13.9. The number of nitrogens with one attached hydrogen (secondary N) is 2. The highest BCUT2D eigenvalue weighted by atomic mass is 32.2. The van der Waals surface area contributed by atoms with Gasteiger partial charge in [0.15, 0.2) is 0 Å². The third-order valence-electron chi connectivity index (χ3n) is 9.83. The zero-order valence-electron chi connectivity index (χ0n) is 26.6. The minimum Gasteiger partial charge on any atom is -0.390 e. The van der Waals surface area contributed by atoms with E-state index in [1.165, 1.54) is 0 Å². The molecule has 0 unspecified atom stereocenters. The molecule has 242 valence electrons. The van der Waals surface area contributed by atoms with Crippen molar-refractivity contribution >= 4 is 27.5 Å². The molecule has 0 radical (unpaired) electrons. The van der Waals surface area contributed by atoms with Crippen molar-refractivity contribution < 1.29 is 23.1 Å². The lowest BCUT2D eigenvalue weighted by Crippen LogP contribution is -2.73. The number of nitrogens with zero attached hydrogens (tertiary/aromatic N) is 4. The largest absolute Gasteiger partial charge is 0.390 e. The molecule has 2 aliphatic heterocycles. The Morgan fingerprint density at radius 3 is 2.32 bits per heavy atom. The molecule has 11 nitrogen and oxygen atoms in total. The minimum atomic E-state index is -3.35. The van der Waals surface area contributed by atoms with Crippen LogP contribution in [-0.4, -0.2) is 88.0 Å². The van der Waals surface area contributed by atoms with Gasteiger partial charge in [0.25, 0.3) is 0 Å². The maximum absolute atomic E-state index is 13.9. The van der Waals surface area contributed by atoms with Crippen LogP contribution in [0, 0.1) is 13.8 Å². The highest BCUT2D eigenvalue weighted by Crippen LogP contribution is 2.38. The van der Waals surface area contributed by atoms with Crippen molar-refractivity contribution in [2.45, 2.75) is 109 Å². The van der Waals surface area contributed by atoms with E-state index in [0.29, 0.717) is 64.0 Å². The molecule has 1 aromatic carbocycles. The van der Waals surface area contributed by atoms with Crippen LogP contribution in [0.5, 0.6) is 0 Å². The number of piperazine rings is 1. The number of carbonyl (C=O) groups excluding carboxylic acids is 2. The summed E-state index contributed by atoms with van der Waals surface area (Å²) in [6, 6.07) is 6.45. The second-order valence-corrected chi connectivity index (χ2v) is 14.9. The number of likely N-dealkylation sites (tertiary alicyclic amines) is 1. The second-order valence-electron chi connectivity index (χ2n) is 13.1. The Bertz CT molecular complexity index is 1460. The molecular formula is C32H48N6O5S. The standard InChI is InChI=1S/C32H48N6O5S/c1-5-6-18-37-29(39)28(21-31(41)14-8-7-9-15-31)33-30(40)32(37)16-19-36(20-17-32)22-27-23(2)34-38(24(27)3)26-12-10-25(11-13-26)35-44(4,42)43/h10-13,28,35,41H,5-9,14-22H2,1-4H3,(H,33,40)/t28-/m1/s1. The highest BCUT2D eigenvalue weighted by molar-refractivity contribution is 7.92. The van der Waals surface area contributed by atoms with Crippen LogP contribution in [0.15, 0.2) is 24.3 Å². The molecule has 1 atom stereocenters. The first-order valence-electron chi connectivity index (χ1n) is 16.0. The number of amides is 2. The summed E-state index contributed by atoms with van der Waals surface area (Å²) in [6.07, 6.45) is 8.69. The van der Waals surface area contributed by atoms with Gasteiger partial charge in [-0.2, -0.15) is 5.10 Å². The molecule has 1 aromatic heterocycles. The third-order valence-corrected chi connectivity index (χ3v) is 10.4. The number of unbranched alkanes of at least 4 members (excludes halogenated alkanes) is 1. The van der Waals surface area contributed by atoms with Gasteiger partial charge < -0.3 is 15.3 Å². The summed E-state index contributed by atoms with van der Waals surface area (Å²) in [6.45, 7) is 8.70. The quantitative estimate of drug-likeness (QED) is 0.367. The number of hydrogen-bond donors (Lipinski definition) is 3. The van der Waals surface area contributed by atoms with E-state index in [0.717, 1.165) is 61.0 Å². The topological polar surface area (TPSA) is 137 Å². The number of aryl methyl sites for hydroxylation is 1. The van der Waals surface area contributed by atoms with Crippen LogP contribution < -0.4 is 10.0 Å². The number of aliphatic hydroxyl groups is 1. The number of sulfonamides is 1. The lowest BCUT2D eigenvalue weighted by atomic mass is 9.77. The Balaban J connectivity index is 1.28. The van der Waals surface area contributed by atoms with E-state index in [-0.39, 0.29) is 11.8 Å². The molecule has 3 fully saturated rings. The predicted octanol–water partition coefficient (Wildman–Crippen LogP) is 3.41. The number of anilines is 1. The number of carbonyl (C=O) groups is 2. The van der Waals surface area contributed by atoms with Crippen LogP contribution in [0.4, 0.5) is 5.69 Å². The summed E-state index contributed by atoms with van der Waals surface area (Å²) < 4.78 is 27.5. The SMILES string of the molecule is CCCCN1C(=O)[C@@H](CC2(O)CCCCC2)NC(=O)C12CCN(Cc1c(C)nn(-c3ccc(NS(C)(=O)=O)cc3)c1C)CC2. The fourth-order valence-corrected chi connectivity index (χ4v) is 7.85. The van der Waals surface area contributed by atoms with Crippen molar-refractivity contribution in [3.8, 4) is 5.69 Å². The van der Waals surface area contributed by atoms with Gasteiger partial charge in [-0.15, -0.1) is 0 Å². The average Bonchev–Trinajstić information content (AvgIpc) is 3.25.